The van der Waals surface area contributed by atoms with Crippen LogP contribution in [0.3, 0.4) is 0 Å². The largest absolute Gasteiger partial charge is 0.316 e. The van der Waals surface area contributed by atoms with Crippen molar-refractivity contribution in [3.05, 3.63) is 23.7 Å². The molecule has 0 bridgehead atoms. The van der Waals surface area contributed by atoms with E-state index in [9.17, 15) is 0 Å². The molecule has 2 N–H and O–H groups in total. The maximum absolute atomic E-state index is 4.59. The molecule has 5 heteroatoms. The van der Waals surface area contributed by atoms with Crippen LogP contribution in [0.4, 0.5) is 0 Å². The van der Waals surface area contributed by atoms with Crippen LogP contribution in [0.15, 0.2) is 12.4 Å². The van der Waals surface area contributed by atoms with Gasteiger partial charge in [0.25, 0.3) is 0 Å². The van der Waals surface area contributed by atoms with Crippen molar-refractivity contribution in [3.63, 3.8) is 0 Å². The van der Waals surface area contributed by atoms with Crippen molar-refractivity contribution in [2.75, 3.05) is 7.05 Å². The van der Waals surface area contributed by atoms with Gasteiger partial charge in [-0.3, -0.25) is 9.78 Å². The summed E-state index contributed by atoms with van der Waals surface area (Å²) in [6, 6.07) is 0. The van der Waals surface area contributed by atoms with Crippen LogP contribution in [0, 0.1) is 6.92 Å². The molecule has 2 heterocycles. The molecule has 2 aromatic heterocycles. The molecule has 0 amide bonds. The molecule has 0 aromatic carbocycles. The topological polar surface area (TPSA) is 58.5 Å². The fourth-order valence-corrected chi connectivity index (χ4v) is 1.92. The number of hydrogen-bond donors (Lipinski definition) is 2. The van der Waals surface area contributed by atoms with E-state index in [-0.39, 0.29) is 5.54 Å². The monoisotopic (exact) mass is 247 g/mol. The third-order valence-corrected chi connectivity index (χ3v) is 2.94. The Bertz CT molecular complexity index is 530. The van der Waals surface area contributed by atoms with Crippen molar-refractivity contribution in [1.82, 2.24) is 25.3 Å². The van der Waals surface area contributed by atoms with Gasteiger partial charge in [0.2, 0.25) is 0 Å². The number of nitrogens with zero attached hydrogens (tertiary/aromatic N) is 3. The Labute approximate surface area is 108 Å². The van der Waals surface area contributed by atoms with E-state index >= 15 is 0 Å². The highest BCUT2D eigenvalue weighted by Gasteiger charge is 2.19. The first-order valence-corrected chi connectivity index (χ1v) is 6.17. The van der Waals surface area contributed by atoms with Gasteiger partial charge in [0.15, 0.2) is 0 Å². The second kappa shape index (κ2) is 4.57. The quantitative estimate of drug-likeness (QED) is 0.872. The van der Waals surface area contributed by atoms with Crippen molar-refractivity contribution >= 4 is 0 Å². The molecule has 0 aliphatic carbocycles. The van der Waals surface area contributed by atoms with Gasteiger partial charge in [0, 0.05) is 23.9 Å². The highest BCUT2D eigenvalue weighted by atomic mass is 15.3. The predicted octanol–water partition coefficient (Wildman–Crippen LogP) is 2.06. The average Bonchev–Trinajstić information content (AvgIpc) is 2.84. The van der Waals surface area contributed by atoms with E-state index in [2.05, 4.69) is 47.6 Å². The lowest BCUT2D eigenvalue weighted by molar-refractivity contribution is 0.354. The van der Waals surface area contributed by atoms with Gasteiger partial charge in [0.1, 0.15) is 0 Å². The summed E-state index contributed by atoms with van der Waals surface area (Å²) in [5, 5.41) is 14.9. The molecule has 2 aromatic rings. The van der Waals surface area contributed by atoms with Gasteiger partial charge in [0.05, 0.1) is 23.1 Å². The van der Waals surface area contributed by atoms with Crippen molar-refractivity contribution in [3.8, 4) is 11.3 Å². The minimum absolute atomic E-state index is 0.00774. The van der Waals surface area contributed by atoms with Crippen LogP contribution in [-0.2, 0) is 12.1 Å². The van der Waals surface area contributed by atoms with Gasteiger partial charge < -0.3 is 5.32 Å². The molecule has 0 radical (unpaired) electrons. The Balaban J connectivity index is 2.45. The maximum atomic E-state index is 4.59. The van der Waals surface area contributed by atoms with E-state index in [0.717, 1.165) is 29.1 Å². The molecule has 0 aliphatic heterocycles. The average molecular weight is 247 g/mol. The van der Waals surface area contributed by atoms with Crippen LogP contribution >= 0.6 is 0 Å². The lowest BCUT2D eigenvalue weighted by Crippen LogP contribution is -2.22. The number of rotatable bonds is 3. The summed E-state index contributed by atoms with van der Waals surface area (Å²) in [5.74, 6) is 0. The first kappa shape index (κ1) is 12.8. The highest BCUT2D eigenvalue weighted by Crippen LogP contribution is 2.26. The molecule has 5 nitrogen and oxygen atoms in total. The number of aromatic amines is 1. The number of H-pyrrole nitrogens is 1. The van der Waals surface area contributed by atoms with Crippen LogP contribution in [0.5, 0.6) is 0 Å². The fraction of sp³-hybridized carbons (Fsp3) is 0.538. The molecule has 0 atom stereocenters. The summed E-state index contributed by atoms with van der Waals surface area (Å²) in [7, 11) is 1.93. The van der Waals surface area contributed by atoms with Gasteiger partial charge in [-0.25, -0.2) is 0 Å². The lowest BCUT2D eigenvalue weighted by Gasteiger charge is -2.18. The normalized spacial score (nSPS) is 12.1. The fourth-order valence-electron chi connectivity index (χ4n) is 1.92. The van der Waals surface area contributed by atoms with E-state index in [0.29, 0.717) is 0 Å². The minimum Gasteiger partial charge on any atom is -0.316 e. The van der Waals surface area contributed by atoms with Crippen LogP contribution < -0.4 is 5.32 Å². The smallest absolute Gasteiger partial charge is 0.0729 e. The summed E-state index contributed by atoms with van der Waals surface area (Å²) in [6.45, 7) is 9.26. The summed E-state index contributed by atoms with van der Waals surface area (Å²) in [4.78, 5) is 0. The Morgan fingerprint density at radius 1 is 1.39 bits per heavy atom. The van der Waals surface area contributed by atoms with Crippen molar-refractivity contribution in [2.24, 2.45) is 0 Å². The highest BCUT2D eigenvalue weighted by molar-refractivity contribution is 5.64. The van der Waals surface area contributed by atoms with Crippen molar-refractivity contribution in [2.45, 2.75) is 39.8 Å². The summed E-state index contributed by atoms with van der Waals surface area (Å²) >= 11 is 0. The Morgan fingerprint density at radius 2 is 2.11 bits per heavy atom. The first-order valence-electron chi connectivity index (χ1n) is 6.17. The van der Waals surface area contributed by atoms with Gasteiger partial charge in [-0.2, -0.15) is 10.2 Å². The molecule has 0 spiro atoms. The third-order valence-electron chi connectivity index (χ3n) is 2.94. The Hall–Kier alpha value is -1.62. The zero-order valence-corrected chi connectivity index (χ0v) is 11.7. The Morgan fingerprint density at radius 3 is 2.67 bits per heavy atom. The molecule has 0 fully saturated rings. The standard InChI is InChI=1S/C13H21N5/c1-9-11(8-18(17-9)13(2,3)4)12-10(6-14-5)7-15-16-12/h7-8,14H,6H2,1-5H3,(H,15,16). The Kier molecular flexibility index (Phi) is 3.26. The number of nitrogens with one attached hydrogen (secondary N) is 2. The van der Waals surface area contributed by atoms with Crippen molar-refractivity contribution < 1.29 is 0 Å². The third kappa shape index (κ3) is 2.31. The molecular formula is C13H21N5. The molecular weight excluding hydrogens is 226 g/mol. The number of aromatic nitrogens is 4. The molecule has 0 aliphatic rings. The minimum atomic E-state index is -0.00774. The van der Waals surface area contributed by atoms with Crippen molar-refractivity contribution in [1.29, 1.82) is 0 Å². The summed E-state index contributed by atoms with van der Waals surface area (Å²) in [5.41, 5.74) is 4.34. The van der Waals surface area contributed by atoms with E-state index in [1.165, 1.54) is 0 Å². The maximum Gasteiger partial charge on any atom is 0.0729 e. The number of hydrogen-bond acceptors (Lipinski definition) is 3. The predicted molar refractivity (Wildman–Crippen MR) is 72.3 cm³/mol. The summed E-state index contributed by atoms with van der Waals surface area (Å²) in [6.07, 6.45) is 3.95. The van der Waals surface area contributed by atoms with E-state index in [1.807, 2.05) is 24.9 Å². The second-order valence-electron chi connectivity index (χ2n) is 5.54. The molecule has 18 heavy (non-hydrogen) atoms. The van der Waals surface area contributed by atoms with Crippen LogP contribution in [0.2, 0.25) is 0 Å². The van der Waals surface area contributed by atoms with Gasteiger partial charge in [-0.05, 0) is 34.7 Å². The molecule has 0 saturated heterocycles. The zero-order chi connectivity index (χ0) is 13.3. The molecule has 2 rings (SSSR count). The van der Waals surface area contributed by atoms with Crippen LogP contribution in [-0.4, -0.2) is 27.0 Å². The number of aryl methyl sites for hydroxylation is 1. The van der Waals surface area contributed by atoms with E-state index in [4.69, 9.17) is 0 Å². The van der Waals surface area contributed by atoms with Gasteiger partial charge in [-0.1, -0.05) is 0 Å². The van der Waals surface area contributed by atoms with Gasteiger partial charge in [-0.15, -0.1) is 0 Å². The van der Waals surface area contributed by atoms with E-state index < -0.39 is 0 Å². The van der Waals surface area contributed by atoms with Crippen LogP contribution in [0.1, 0.15) is 32.0 Å². The molecule has 0 saturated carbocycles. The zero-order valence-electron chi connectivity index (χ0n) is 11.7. The SMILES string of the molecule is CNCc1cn[nH]c1-c1cn(C(C)(C)C)nc1C. The molecule has 0 unspecified atom stereocenters. The van der Waals surface area contributed by atoms with E-state index in [1.54, 1.807) is 0 Å². The first-order chi connectivity index (χ1) is 8.43. The van der Waals surface area contributed by atoms with Crippen LogP contribution in [0.25, 0.3) is 11.3 Å². The molecule has 98 valence electrons. The summed E-state index contributed by atoms with van der Waals surface area (Å²) < 4.78 is 2.00. The van der Waals surface area contributed by atoms with Gasteiger partial charge >= 0.3 is 0 Å². The second-order valence-corrected chi connectivity index (χ2v) is 5.54. The lowest BCUT2D eigenvalue weighted by atomic mass is 10.1.